The molecule has 1 aliphatic heterocycles. The van der Waals surface area contributed by atoms with E-state index in [1.165, 1.54) is 0 Å². The van der Waals surface area contributed by atoms with E-state index in [-0.39, 0.29) is 18.6 Å². The van der Waals surface area contributed by atoms with Gasteiger partial charge in [-0.2, -0.15) is 0 Å². The summed E-state index contributed by atoms with van der Waals surface area (Å²) in [6, 6.07) is 14.8. The molecule has 1 saturated heterocycles. The highest BCUT2D eigenvalue weighted by Gasteiger charge is 2.30. The van der Waals surface area contributed by atoms with Gasteiger partial charge in [-0.05, 0) is 42.7 Å². The Bertz CT molecular complexity index is 717. The fourth-order valence-electron chi connectivity index (χ4n) is 3.06. The molecule has 5 nitrogen and oxygen atoms in total. The van der Waals surface area contributed by atoms with Gasteiger partial charge in [0, 0.05) is 12.2 Å². The zero-order chi connectivity index (χ0) is 16.9. The first-order valence-corrected chi connectivity index (χ1v) is 8.13. The van der Waals surface area contributed by atoms with Crippen molar-refractivity contribution in [2.24, 2.45) is 0 Å². The monoisotopic (exact) mass is 326 g/mol. The van der Waals surface area contributed by atoms with E-state index in [4.69, 9.17) is 4.74 Å². The Balaban J connectivity index is 1.79. The molecule has 2 aromatic carbocycles. The lowest BCUT2D eigenvalue weighted by Crippen LogP contribution is -2.47. The van der Waals surface area contributed by atoms with Gasteiger partial charge in [0.2, 0.25) is 5.91 Å². The predicted octanol–water partition coefficient (Wildman–Crippen LogP) is 2.80. The number of methoxy groups -OCH3 is 1. The molecule has 0 unspecified atom stereocenters. The van der Waals surface area contributed by atoms with E-state index in [0.29, 0.717) is 12.3 Å². The summed E-state index contributed by atoms with van der Waals surface area (Å²) in [5.74, 6) is 0.744. The van der Waals surface area contributed by atoms with Gasteiger partial charge in [0.15, 0.2) is 0 Å². The number of nitrogens with one attached hydrogen (secondary N) is 1. The van der Waals surface area contributed by atoms with Crippen molar-refractivity contribution in [2.75, 3.05) is 23.9 Å². The van der Waals surface area contributed by atoms with Crippen LogP contribution in [0.4, 0.5) is 11.4 Å². The maximum absolute atomic E-state index is 12.9. The quantitative estimate of drug-likeness (QED) is 0.887. The van der Waals surface area contributed by atoms with Crippen molar-refractivity contribution in [1.29, 1.82) is 0 Å². The fourth-order valence-corrected chi connectivity index (χ4v) is 3.06. The smallest absolute Gasteiger partial charge is 0.249 e. The molecule has 0 aliphatic carbocycles. The maximum atomic E-state index is 12.9. The standard InChI is InChI=1S/C19H22N2O3/c1-24-18-10-3-2-9-17(18)21-11-5-8-16(19(21)23)20-15-7-4-6-14(12-15)13-22/h2-4,6-7,9-10,12,16,20,22H,5,8,11,13H2,1H3/t16-/m0/s1. The second-order valence-corrected chi connectivity index (χ2v) is 5.86. The van der Waals surface area contributed by atoms with E-state index in [9.17, 15) is 9.90 Å². The van der Waals surface area contributed by atoms with Gasteiger partial charge < -0.3 is 20.1 Å². The van der Waals surface area contributed by atoms with Crippen molar-refractivity contribution in [3.05, 3.63) is 54.1 Å². The average Bonchev–Trinajstić information content (AvgIpc) is 2.63. The van der Waals surface area contributed by atoms with Gasteiger partial charge in [-0.25, -0.2) is 0 Å². The molecular formula is C19H22N2O3. The van der Waals surface area contributed by atoms with Crippen LogP contribution in [0, 0.1) is 0 Å². The van der Waals surface area contributed by atoms with Crippen LogP contribution < -0.4 is 15.0 Å². The van der Waals surface area contributed by atoms with Crippen molar-refractivity contribution in [1.82, 2.24) is 0 Å². The fraction of sp³-hybridized carbons (Fsp3) is 0.316. The van der Waals surface area contributed by atoms with E-state index < -0.39 is 0 Å². The van der Waals surface area contributed by atoms with Gasteiger partial charge in [-0.15, -0.1) is 0 Å². The molecule has 1 fully saturated rings. The minimum atomic E-state index is -0.280. The van der Waals surface area contributed by atoms with Crippen LogP contribution in [0.25, 0.3) is 0 Å². The summed E-state index contributed by atoms with van der Waals surface area (Å²) in [6.07, 6.45) is 1.70. The molecule has 1 aliphatic rings. The summed E-state index contributed by atoms with van der Waals surface area (Å²) < 4.78 is 5.39. The summed E-state index contributed by atoms with van der Waals surface area (Å²) in [4.78, 5) is 14.7. The number of anilines is 2. The molecule has 2 aromatic rings. The number of rotatable bonds is 5. The van der Waals surface area contributed by atoms with Crippen LogP contribution in [0.3, 0.4) is 0 Å². The first kappa shape index (κ1) is 16.3. The normalized spacial score (nSPS) is 17.7. The van der Waals surface area contributed by atoms with Gasteiger partial charge in [-0.1, -0.05) is 24.3 Å². The third kappa shape index (κ3) is 3.36. The number of hydrogen-bond donors (Lipinski definition) is 2. The largest absolute Gasteiger partial charge is 0.495 e. The molecule has 3 rings (SSSR count). The molecule has 1 atom stereocenters. The summed E-state index contributed by atoms with van der Waals surface area (Å²) in [5.41, 5.74) is 2.48. The van der Waals surface area contributed by atoms with Gasteiger partial charge in [-0.3, -0.25) is 4.79 Å². The van der Waals surface area contributed by atoms with E-state index in [0.717, 1.165) is 29.8 Å². The van der Waals surface area contributed by atoms with Crippen molar-refractivity contribution < 1.29 is 14.6 Å². The molecule has 0 radical (unpaired) electrons. The Labute approximate surface area is 141 Å². The summed E-state index contributed by atoms with van der Waals surface area (Å²) in [7, 11) is 1.61. The third-order valence-electron chi connectivity index (χ3n) is 4.27. The minimum Gasteiger partial charge on any atom is -0.495 e. The Morgan fingerprint density at radius 1 is 1.25 bits per heavy atom. The van der Waals surface area contributed by atoms with E-state index in [1.807, 2.05) is 48.5 Å². The van der Waals surface area contributed by atoms with Crippen LogP contribution in [0.5, 0.6) is 5.75 Å². The second-order valence-electron chi connectivity index (χ2n) is 5.86. The van der Waals surface area contributed by atoms with Gasteiger partial charge >= 0.3 is 0 Å². The number of hydrogen-bond acceptors (Lipinski definition) is 4. The van der Waals surface area contributed by atoms with Crippen molar-refractivity contribution in [3.8, 4) is 5.75 Å². The van der Waals surface area contributed by atoms with Crippen molar-refractivity contribution >= 4 is 17.3 Å². The van der Waals surface area contributed by atoms with E-state index >= 15 is 0 Å². The molecule has 2 N–H and O–H groups in total. The van der Waals surface area contributed by atoms with Crippen LogP contribution in [-0.4, -0.2) is 30.7 Å². The van der Waals surface area contributed by atoms with Crippen LogP contribution >= 0.6 is 0 Å². The number of carbonyl (C=O) groups is 1. The average molecular weight is 326 g/mol. The number of piperidine rings is 1. The highest BCUT2D eigenvalue weighted by molar-refractivity contribution is 6.00. The molecule has 0 aromatic heterocycles. The Hall–Kier alpha value is -2.53. The molecule has 24 heavy (non-hydrogen) atoms. The van der Waals surface area contributed by atoms with E-state index in [2.05, 4.69) is 5.32 Å². The number of aliphatic hydroxyl groups excluding tert-OH is 1. The Kier molecular flexibility index (Phi) is 5.01. The molecule has 0 saturated carbocycles. The highest BCUT2D eigenvalue weighted by atomic mass is 16.5. The van der Waals surface area contributed by atoms with Gasteiger partial charge in [0.25, 0.3) is 0 Å². The number of aliphatic hydroxyl groups is 1. The molecule has 1 amide bonds. The first-order valence-electron chi connectivity index (χ1n) is 8.13. The lowest BCUT2D eigenvalue weighted by Gasteiger charge is -2.33. The van der Waals surface area contributed by atoms with Crippen LogP contribution in [0.1, 0.15) is 18.4 Å². The van der Waals surface area contributed by atoms with Gasteiger partial charge in [0.1, 0.15) is 11.8 Å². The zero-order valence-electron chi connectivity index (χ0n) is 13.7. The molecule has 1 heterocycles. The number of carbonyl (C=O) groups excluding carboxylic acids is 1. The summed E-state index contributed by atoms with van der Waals surface area (Å²) in [5, 5.41) is 12.6. The van der Waals surface area contributed by atoms with Crippen molar-refractivity contribution in [2.45, 2.75) is 25.5 Å². The summed E-state index contributed by atoms with van der Waals surface area (Å²) in [6.45, 7) is 0.676. The SMILES string of the molecule is COc1ccccc1N1CCC[C@H](Nc2cccc(CO)c2)C1=O. The van der Waals surface area contributed by atoms with Crippen LogP contribution in [0.2, 0.25) is 0 Å². The number of nitrogens with zero attached hydrogens (tertiary/aromatic N) is 1. The highest BCUT2D eigenvalue weighted by Crippen LogP contribution is 2.31. The van der Waals surface area contributed by atoms with E-state index in [1.54, 1.807) is 12.0 Å². The number of para-hydroxylation sites is 2. The number of ether oxygens (including phenoxy) is 1. The van der Waals surface area contributed by atoms with Crippen molar-refractivity contribution in [3.63, 3.8) is 0 Å². The topological polar surface area (TPSA) is 61.8 Å². The lowest BCUT2D eigenvalue weighted by molar-refractivity contribution is -0.120. The lowest BCUT2D eigenvalue weighted by atomic mass is 10.0. The third-order valence-corrected chi connectivity index (χ3v) is 4.27. The molecule has 5 heteroatoms. The first-order chi connectivity index (χ1) is 11.7. The number of amides is 1. The molecule has 126 valence electrons. The zero-order valence-corrected chi connectivity index (χ0v) is 13.7. The minimum absolute atomic E-state index is 0.0124. The Morgan fingerprint density at radius 2 is 2.08 bits per heavy atom. The molecular weight excluding hydrogens is 304 g/mol. The number of benzene rings is 2. The van der Waals surface area contributed by atoms with Crippen LogP contribution in [-0.2, 0) is 11.4 Å². The summed E-state index contributed by atoms with van der Waals surface area (Å²) >= 11 is 0. The molecule has 0 bridgehead atoms. The Morgan fingerprint density at radius 3 is 2.88 bits per heavy atom. The van der Waals surface area contributed by atoms with Gasteiger partial charge in [0.05, 0.1) is 19.4 Å². The van der Waals surface area contributed by atoms with Crippen LogP contribution in [0.15, 0.2) is 48.5 Å². The molecule has 0 spiro atoms. The second kappa shape index (κ2) is 7.36. The maximum Gasteiger partial charge on any atom is 0.249 e. The predicted molar refractivity (Wildman–Crippen MR) is 94.4 cm³/mol.